The molecule has 0 aromatic heterocycles. The molecule has 2 fully saturated rings. The van der Waals surface area contributed by atoms with Gasteiger partial charge in [0.2, 0.25) is 0 Å². The number of alkyl halides is 1. The van der Waals surface area contributed by atoms with Gasteiger partial charge in [-0.15, -0.1) is 0 Å². The molecule has 3 heteroatoms. The number of ether oxygens (including phenoxy) is 2. The minimum Gasteiger partial charge on any atom is -0.343 e. The molecule has 0 N–H and O–H groups in total. The second kappa shape index (κ2) is 3.21. The lowest BCUT2D eigenvalue weighted by molar-refractivity contribution is -0.178. The zero-order chi connectivity index (χ0) is 9.53. The maximum Gasteiger partial charge on any atom is 0.169 e. The maximum absolute atomic E-state index is 6.05. The number of hydrogen-bond acceptors (Lipinski definition) is 2. The number of hydrogen-bond donors (Lipinski definition) is 0. The van der Waals surface area contributed by atoms with Crippen LogP contribution in [-0.2, 0) is 9.47 Å². The Kier molecular flexibility index (Phi) is 2.45. The third kappa shape index (κ3) is 1.66. The molecule has 0 radical (unpaired) electrons. The van der Waals surface area contributed by atoms with Gasteiger partial charge in [-0.3, -0.25) is 0 Å². The summed E-state index contributed by atoms with van der Waals surface area (Å²) in [6.07, 6.45) is 4.82. The molecule has 1 atom stereocenters. The second-order valence-corrected chi connectivity index (χ2v) is 5.23. The van der Waals surface area contributed by atoms with Crippen molar-refractivity contribution in [3.05, 3.63) is 0 Å². The van der Waals surface area contributed by atoms with Crippen molar-refractivity contribution in [3.63, 3.8) is 0 Å². The molecule has 0 aromatic rings. The van der Waals surface area contributed by atoms with E-state index < -0.39 is 0 Å². The fraction of sp³-hybridized carbons (Fsp3) is 1.00. The summed E-state index contributed by atoms with van der Waals surface area (Å²) < 4.78 is 12.1. The molecule has 1 spiro atoms. The van der Waals surface area contributed by atoms with E-state index in [1.54, 1.807) is 0 Å². The fourth-order valence-corrected chi connectivity index (χ4v) is 3.23. The van der Waals surface area contributed by atoms with Gasteiger partial charge in [-0.25, -0.2) is 0 Å². The average Bonchev–Trinajstić information content (AvgIpc) is 2.57. The van der Waals surface area contributed by atoms with Crippen molar-refractivity contribution in [3.8, 4) is 0 Å². The van der Waals surface area contributed by atoms with Crippen molar-refractivity contribution in [2.24, 2.45) is 0 Å². The van der Waals surface area contributed by atoms with E-state index in [2.05, 4.69) is 29.8 Å². The van der Waals surface area contributed by atoms with Gasteiger partial charge in [-0.2, -0.15) is 0 Å². The predicted molar refractivity (Wildman–Crippen MR) is 55.0 cm³/mol. The van der Waals surface area contributed by atoms with Gasteiger partial charge in [0.25, 0.3) is 0 Å². The smallest absolute Gasteiger partial charge is 0.169 e. The quantitative estimate of drug-likeness (QED) is 0.665. The van der Waals surface area contributed by atoms with E-state index in [4.69, 9.17) is 9.47 Å². The van der Waals surface area contributed by atoms with Crippen LogP contribution >= 0.6 is 15.9 Å². The summed E-state index contributed by atoms with van der Waals surface area (Å²) in [6.45, 7) is 4.23. The lowest BCUT2D eigenvalue weighted by Gasteiger charge is -2.24. The van der Waals surface area contributed by atoms with Gasteiger partial charge in [0.1, 0.15) is 0 Å². The van der Waals surface area contributed by atoms with E-state index in [9.17, 15) is 0 Å². The Morgan fingerprint density at radius 3 is 2.38 bits per heavy atom. The Labute approximate surface area is 88.1 Å². The Morgan fingerprint density at radius 1 is 1.31 bits per heavy atom. The molecule has 2 rings (SSSR count). The highest BCUT2D eigenvalue weighted by molar-refractivity contribution is 9.09. The van der Waals surface area contributed by atoms with Gasteiger partial charge in [-0.05, 0) is 26.7 Å². The minimum absolute atomic E-state index is 0.131. The van der Waals surface area contributed by atoms with Crippen LogP contribution in [0.4, 0.5) is 0 Å². The molecular formula is C10H17BrO2. The van der Waals surface area contributed by atoms with E-state index in [1.807, 2.05) is 0 Å². The van der Waals surface area contributed by atoms with Gasteiger partial charge < -0.3 is 9.47 Å². The maximum atomic E-state index is 6.05. The second-order valence-electron chi connectivity index (χ2n) is 4.58. The third-order valence-corrected chi connectivity index (χ3v) is 3.68. The highest BCUT2D eigenvalue weighted by Crippen LogP contribution is 2.46. The molecular weight excluding hydrogens is 232 g/mol. The molecule has 1 unspecified atom stereocenters. The number of rotatable bonds is 1. The van der Waals surface area contributed by atoms with Crippen LogP contribution in [0.15, 0.2) is 0 Å². The van der Waals surface area contributed by atoms with Crippen molar-refractivity contribution >= 4 is 15.9 Å². The summed E-state index contributed by atoms with van der Waals surface area (Å²) in [5, 5.41) is 0.863. The Bertz CT molecular complexity index is 197. The first-order chi connectivity index (χ1) is 6.08. The monoisotopic (exact) mass is 248 g/mol. The number of halogens is 1. The van der Waals surface area contributed by atoms with Gasteiger partial charge in [0.05, 0.1) is 11.7 Å². The van der Waals surface area contributed by atoms with Crippen molar-refractivity contribution < 1.29 is 9.47 Å². The molecule has 1 aliphatic carbocycles. The molecule has 0 aromatic carbocycles. The minimum atomic E-state index is -0.234. The molecule has 1 heterocycles. The van der Waals surface area contributed by atoms with E-state index in [0.29, 0.717) is 0 Å². The van der Waals surface area contributed by atoms with Crippen LogP contribution in [0.1, 0.15) is 39.5 Å². The third-order valence-electron chi connectivity index (χ3n) is 3.09. The average molecular weight is 249 g/mol. The molecule has 1 saturated carbocycles. The van der Waals surface area contributed by atoms with Gasteiger partial charge in [0, 0.05) is 18.2 Å². The Morgan fingerprint density at radius 2 is 1.92 bits per heavy atom. The molecule has 13 heavy (non-hydrogen) atoms. The lowest BCUT2D eigenvalue weighted by atomic mass is 10.0. The largest absolute Gasteiger partial charge is 0.343 e. The summed E-state index contributed by atoms with van der Waals surface area (Å²) in [5.74, 6) is -0.234. The van der Waals surface area contributed by atoms with Crippen LogP contribution in [0.5, 0.6) is 0 Å². The van der Waals surface area contributed by atoms with Gasteiger partial charge >= 0.3 is 0 Å². The molecule has 1 saturated heterocycles. The highest BCUT2D eigenvalue weighted by atomic mass is 79.9. The van der Waals surface area contributed by atoms with Crippen molar-refractivity contribution in [2.45, 2.75) is 57.0 Å². The van der Waals surface area contributed by atoms with Crippen molar-refractivity contribution in [1.82, 2.24) is 0 Å². The van der Waals surface area contributed by atoms with E-state index in [0.717, 1.165) is 18.2 Å². The SMILES string of the molecule is CC1(C)OC2(CCCC2)OC1CBr. The van der Waals surface area contributed by atoms with Crippen LogP contribution in [-0.4, -0.2) is 22.8 Å². The van der Waals surface area contributed by atoms with Crippen LogP contribution < -0.4 is 0 Å². The van der Waals surface area contributed by atoms with Crippen molar-refractivity contribution in [2.75, 3.05) is 5.33 Å². The van der Waals surface area contributed by atoms with E-state index in [1.165, 1.54) is 12.8 Å². The fourth-order valence-electron chi connectivity index (χ4n) is 2.32. The summed E-state index contributed by atoms with van der Waals surface area (Å²) in [4.78, 5) is 0. The predicted octanol–water partition coefficient (Wildman–Crippen LogP) is 2.85. The van der Waals surface area contributed by atoms with E-state index >= 15 is 0 Å². The van der Waals surface area contributed by atoms with Gasteiger partial charge in [-0.1, -0.05) is 15.9 Å². The van der Waals surface area contributed by atoms with E-state index in [-0.39, 0.29) is 17.5 Å². The van der Waals surface area contributed by atoms with Crippen LogP contribution in [0.3, 0.4) is 0 Å². The zero-order valence-corrected chi connectivity index (χ0v) is 9.89. The normalized spacial score (nSPS) is 35.8. The first-order valence-corrected chi connectivity index (χ1v) is 6.14. The van der Waals surface area contributed by atoms with Crippen LogP contribution in [0.25, 0.3) is 0 Å². The molecule has 2 nitrogen and oxygen atoms in total. The van der Waals surface area contributed by atoms with Crippen LogP contribution in [0.2, 0.25) is 0 Å². The zero-order valence-electron chi connectivity index (χ0n) is 8.31. The summed E-state index contributed by atoms with van der Waals surface area (Å²) >= 11 is 3.48. The molecule has 0 amide bonds. The molecule has 1 aliphatic heterocycles. The molecule has 2 aliphatic rings. The summed E-state index contributed by atoms with van der Waals surface area (Å²) in [7, 11) is 0. The summed E-state index contributed by atoms with van der Waals surface area (Å²) in [6, 6.07) is 0. The first kappa shape index (κ1) is 9.94. The Hall–Kier alpha value is 0.400. The first-order valence-electron chi connectivity index (χ1n) is 5.02. The van der Waals surface area contributed by atoms with Crippen LogP contribution in [0, 0.1) is 0 Å². The molecule has 0 bridgehead atoms. The molecule has 76 valence electrons. The Balaban J connectivity index is 2.12. The lowest BCUT2D eigenvalue weighted by Crippen LogP contribution is -2.34. The highest BCUT2D eigenvalue weighted by Gasteiger charge is 2.52. The summed E-state index contributed by atoms with van der Waals surface area (Å²) in [5.41, 5.74) is -0.131. The van der Waals surface area contributed by atoms with Gasteiger partial charge in [0.15, 0.2) is 5.79 Å². The topological polar surface area (TPSA) is 18.5 Å². The van der Waals surface area contributed by atoms with Crippen molar-refractivity contribution in [1.29, 1.82) is 0 Å². The standard InChI is InChI=1S/C10H17BrO2/c1-9(2)8(7-11)12-10(13-9)5-3-4-6-10/h8H,3-7H2,1-2H3.